The van der Waals surface area contributed by atoms with Gasteiger partial charge < -0.3 is 4.42 Å². The van der Waals surface area contributed by atoms with Gasteiger partial charge >= 0.3 is 10.1 Å². The van der Waals surface area contributed by atoms with Gasteiger partial charge in [0, 0.05) is 0 Å². The summed E-state index contributed by atoms with van der Waals surface area (Å²) in [4.78, 5) is 11.6. The Morgan fingerprint density at radius 2 is 1.95 bits per heavy atom. The normalized spacial score (nSPS) is 11.7. The first-order chi connectivity index (χ1) is 9.95. The van der Waals surface area contributed by atoms with Gasteiger partial charge in [0.1, 0.15) is 5.76 Å². The summed E-state index contributed by atoms with van der Waals surface area (Å²) in [6.07, 6.45) is 1.31. The summed E-state index contributed by atoms with van der Waals surface area (Å²) < 4.78 is 35.1. The molecule has 0 radical (unpaired) electrons. The molecule has 8 heteroatoms. The first kappa shape index (κ1) is 14.9. The summed E-state index contributed by atoms with van der Waals surface area (Å²) in [5.74, 6) is -0.235. The van der Waals surface area contributed by atoms with Crippen LogP contribution in [-0.2, 0) is 21.3 Å². The lowest BCUT2D eigenvalue weighted by atomic mass is 10.1. The molecule has 0 bridgehead atoms. The molecule has 0 aliphatic carbocycles. The van der Waals surface area contributed by atoms with Crippen LogP contribution in [0.3, 0.4) is 0 Å². The van der Waals surface area contributed by atoms with Crippen molar-refractivity contribution in [2.75, 3.05) is 0 Å². The monoisotopic (exact) mass is 308 g/mol. The number of rotatable bonds is 5. The number of amides is 1. The first-order valence-corrected chi connectivity index (χ1v) is 7.32. The summed E-state index contributed by atoms with van der Waals surface area (Å²) in [5, 5.41) is 3.05. The fourth-order valence-corrected chi connectivity index (χ4v) is 1.97. The van der Waals surface area contributed by atoms with Gasteiger partial charge in [-0.15, -0.1) is 0 Å². The van der Waals surface area contributed by atoms with E-state index in [4.69, 9.17) is 8.97 Å². The molecule has 0 spiro atoms. The number of benzene rings is 1. The van der Waals surface area contributed by atoms with Crippen molar-refractivity contribution < 1.29 is 22.2 Å². The Hall–Kier alpha value is -2.45. The van der Waals surface area contributed by atoms with E-state index in [9.17, 15) is 13.2 Å². The predicted octanol–water partition coefficient (Wildman–Crippen LogP) is 1.22. The minimum atomic E-state index is -4.38. The summed E-state index contributed by atoms with van der Waals surface area (Å²) in [6.45, 7) is 0. The van der Waals surface area contributed by atoms with Crippen molar-refractivity contribution in [1.29, 1.82) is 0 Å². The molecule has 0 atom stereocenters. The van der Waals surface area contributed by atoms with Crippen molar-refractivity contribution in [3.63, 3.8) is 0 Å². The standard InChI is InChI=1S/C13H12N2O5S/c16-12(8-10-4-2-1-3-5-10)15-14-9-11-6-7-13(20-11)21(17,18)19/h1-7,9H,8H2,(H,15,16)(H,17,18,19)/b14-9+. The van der Waals surface area contributed by atoms with E-state index in [1.807, 2.05) is 30.3 Å². The maximum absolute atomic E-state index is 11.6. The summed E-state index contributed by atoms with van der Waals surface area (Å²) in [7, 11) is -4.38. The number of carbonyl (C=O) groups excluding carboxylic acids is 1. The third-order valence-corrected chi connectivity index (χ3v) is 3.17. The van der Waals surface area contributed by atoms with E-state index in [-0.39, 0.29) is 18.1 Å². The molecule has 1 aromatic heterocycles. The fourth-order valence-electron chi connectivity index (χ4n) is 1.53. The van der Waals surface area contributed by atoms with Gasteiger partial charge in [0.15, 0.2) is 0 Å². The molecule has 0 saturated carbocycles. The molecule has 0 aliphatic rings. The third-order valence-electron chi connectivity index (χ3n) is 2.44. The number of hydrogen-bond donors (Lipinski definition) is 2. The van der Waals surface area contributed by atoms with E-state index < -0.39 is 15.2 Å². The number of hydrazone groups is 1. The molecule has 21 heavy (non-hydrogen) atoms. The molecule has 1 heterocycles. The molecule has 7 nitrogen and oxygen atoms in total. The van der Waals surface area contributed by atoms with Crippen LogP contribution in [0, 0.1) is 0 Å². The molecular formula is C13H12N2O5S. The molecule has 110 valence electrons. The van der Waals surface area contributed by atoms with E-state index in [1.165, 1.54) is 6.07 Å². The molecule has 0 unspecified atom stereocenters. The Kier molecular flexibility index (Phi) is 4.51. The van der Waals surface area contributed by atoms with Crippen LogP contribution >= 0.6 is 0 Å². The highest BCUT2D eigenvalue weighted by Crippen LogP contribution is 2.11. The van der Waals surface area contributed by atoms with E-state index >= 15 is 0 Å². The van der Waals surface area contributed by atoms with Crippen molar-refractivity contribution >= 4 is 22.2 Å². The van der Waals surface area contributed by atoms with E-state index in [0.29, 0.717) is 0 Å². The highest BCUT2D eigenvalue weighted by atomic mass is 32.2. The Bertz CT molecular complexity index is 750. The number of hydrogen-bond acceptors (Lipinski definition) is 5. The van der Waals surface area contributed by atoms with E-state index in [2.05, 4.69) is 10.5 Å². The van der Waals surface area contributed by atoms with E-state index in [1.54, 1.807) is 0 Å². The quantitative estimate of drug-likeness (QED) is 0.490. The zero-order valence-corrected chi connectivity index (χ0v) is 11.6. The van der Waals surface area contributed by atoms with Gasteiger partial charge in [-0.3, -0.25) is 9.35 Å². The lowest BCUT2D eigenvalue weighted by Crippen LogP contribution is -2.19. The number of nitrogens with zero attached hydrogens (tertiary/aromatic N) is 1. The fraction of sp³-hybridized carbons (Fsp3) is 0.0769. The van der Waals surface area contributed by atoms with E-state index in [0.717, 1.165) is 17.8 Å². The van der Waals surface area contributed by atoms with Gasteiger partial charge in [0.2, 0.25) is 11.0 Å². The minimum Gasteiger partial charge on any atom is -0.441 e. The number of carbonyl (C=O) groups is 1. The second-order valence-corrected chi connectivity index (χ2v) is 5.44. The Morgan fingerprint density at radius 3 is 2.57 bits per heavy atom. The second kappa shape index (κ2) is 6.33. The summed E-state index contributed by atoms with van der Waals surface area (Å²) >= 11 is 0. The van der Waals surface area contributed by atoms with Crippen LogP contribution in [0.4, 0.5) is 0 Å². The van der Waals surface area contributed by atoms with Crippen molar-refractivity contribution in [2.24, 2.45) is 5.10 Å². The summed E-state index contributed by atoms with van der Waals surface area (Å²) in [5.41, 5.74) is 3.13. The van der Waals surface area contributed by atoms with Gasteiger partial charge in [-0.25, -0.2) is 5.43 Å². The second-order valence-electron chi connectivity index (χ2n) is 4.09. The maximum Gasteiger partial charge on any atom is 0.328 e. The van der Waals surface area contributed by atoms with Gasteiger partial charge in [-0.2, -0.15) is 13.5 Å². The molecule has 2 rings (SSSR count). The average molecular weight is 308 g/mol. The maximum atomic E-state index is 11.6. The molecule has 1 amide bonds. The highest BCUT2D eigenvalue weighted by Gasteiger charge is 2.13. The van der Waals surface area contributed by atoms with Gasteiger partial charge in [-0.05, 0) is 17.7 Å². The lowest BCUT2D eigenvalue weighted by molar-refractivity contribution is -0.120. The number of furan rings is 1. The zero-order valence-electron chi connectivity index (χ0n) is 10.8. The zero-order chi connectivity index (χ0) is 15.3. The van der Waals surface area contributed by atoms with Crippen LogP contribution < -0.4 is 5.43 Å². The van der Waals surface area contributed by atoms with Crippen LogP contribution in [0.5, 0.6) is 0 Å². The first-order valence-electron chi connectivity index (χ1n) is 5.88. The molecule has 0 saturated heterocycles. The average Bonchev–Trinajstić information content (AvgIpc) is 2.88. The molecular weight excluding hydrogens is 296 g/mol. The van der Waals surface area contributed by atoms with Crippen LogP contribution in [0.1, 0.15) is 11.3 Å². The smallest absolute Gasteiger partial charge is 0.328 e. The van der Waals surface area contributed by atoms with Crippen LogP contribution in [0.15, 0.2) is 57.1 Å². The molecule has 0 fully saturated rings. The SMILES string of the molecule is O=C(Cc1ccccc1)N/N=C/c1ccc(S(=O)(=O)O)o1. The third kappa shape index (κ3) is 4.55. The van der Waals surface area contributed by atoms with Crippen LogP contribution in [-0.4, -0.2) is 25.1 Å². The Labute approximate surface area is 121 Å². The van der Waals surface area contributed by atoms with Gasteiger partial charge in [0.05, 0.1) is 12.6 Å². The lowest BCUT2D eigenvalue weighted by Gasteiger charge is -1.99. The van der Waals surface area contributed by atoms with Crippen LogP contribution in [0.25, 0.3) is 0 Å². The van der Waals surface area contributed by atoms with Gasteiger partial charge in [-0.1, -0.05) is 30.3 Å². The topological polar surface area (TPSA) is 109 Å². The van der Waals surface area contributed by atoms with Crippen molar-refractivity contribution in [3.8, 4) is 0 Å². The van der Waals surface area contributed by atoms with Crippen molar-refractivity contribution in [2.45, 2.75) is 11.5 Å². The van der Waals surface area contributed by atoms with Crippen molar-refractivity contribution in [3.05, 3.63) is 53.8 Å². The molecule has 2 aromatic rings. The molecule has 1 aromatic carbocycles. The molecule has 0 aliphatic heterocycles. The largest absolute Gasteiger partial charge is 0.441 e. The molecule has 2 N–H and O–H groups in total. The Balaban J connectivity index is 1.90. The Morgan fingerprint density at radius 1 is 1.24 bits per heavy atom. The van der Waals surface area contributed by atoms with Crippen molar-refractivity contribution in [1.82, 2.24) is 5.43 Å². The predicted molar refractivity (Wildman–Crippen MR) is 74.4 cm³/mol. The minimum absolute atomic E-state index is 0.0858. The van der Waals surface area contributed by atoms with Gasteiger partial charge in [0.25, 0.3) is 0 Å². The number of nitrogens with one attached hydrogen (secondary N) is 1. The van der Waals surface area contributed by atoms with Crippen LogP contribution in [0.2, 0.25) is 0 Å². The summed E-state index contributed by atoms with van der Waals surface area (Å²) in [6, 6.07) is 11.5. The highest BCUT2D eigenvalue weighted by molar-refractivity contribution is 7.85.